The first-order chi connectivity index (χ1) is 8.34. The topological polar surface area (TPSA) is 64.1 Å². The highest BCUT2D eigenvalue weighted by molar-refractivity contribution is 5.88. The molecule has 1 N–H and O–H groups in total. The summed E-state index contributed by atoms with van der Waals surface area (Å²) in [5, 5.41) is 2.69. The molecule has 17 heavy (non-hydrogen) atoms. The highest BCUT2D eigenvalue weighted by Crippen LogP contribution is 2.19. The Bertz CT molecular complexity index is 350. The zero-order chi connectivity index (χ0) is 11.9. The van der Waals surface area contributed by atoms with Crippen LogP contribution in [0.5, 0.6) is 0 Å². The Morgan fingerprint density at radius 1 is 1.35 bits per heavy atom. The van der Waals surface area contributed by atoms with E-state index in [4.69, 9.17) is 4.74 Å². The van der Waals surface area contributed by atoms with Gasteiger partial charge in [0.25, 0.3) is 0 Å². The average molecular weight is 235 g/mol. The lowest BCUT2D eigenvalue weighted by molar-refractivity contribution is -0.116. The molecule has 1 fully saturated rings. The van der Waals surface area contributed by atoms with Crippen LogP contribution in [0.15, 0.2) is 18.5 Å². The van der Waals surface area contributed by atoms with Gasteiger partial charge in [0.2, 0.25) is 11.9 Å². The van der Waals surface area contributed by atoms with Gasteiger partial charge < -0.3 is 4.74 Å². The van der Waals surface area contributed by atoms with Crippen LogP contribution in [0.4, 0.5) is 5.95 Å². The molecular weight excluding hydrogens is 218 g/mol. The lowest BCUT2D eigenvalue weighted by Gasteiger charge is -2.21. The molecule has 2 rings (SSSR count). The largest absolute Gasteiger partial charge is 0.381 e. The summed E-state index contributed by atoms with van der Waals surface area (Å²) in [7, 11) is 0. The number of carbonyl (C=O) groups is 1. The molecule has 1 aromatic rings. The number of carbonyl (C=O) groups excluding carboxylic acids is 1. The van der Waals surface area contributed by atoms with Gasteiger partial charge in [-0.05, 0) is 31.2 Å². The monoisotopic (exact) mass is 235 g/mol. The third kappa shape index (κ3) is 4.11. The lowest BCUT2D eigenvalue weighted by atomic mass is 9.95. The van der Waals surface area contributed by atoms with Crippen molar-refractivity contribution in [3.63, 3.8) is 0 Å². The van der Waals surface area contributed by atoms with Gasteiger partial charge in [-0.15, -0.1) is 0 Å². The zero-order valence-corrected chi connectivity index (χ0v) is 9.76. The summed E-state index contributed by atoms with van der Waals surface area (Å²) < 4.78 is 5.28. The fourth-order valence-electron chi connectivity index (χ4n) is 1.92. The van der Waals surface area contributed by atoms with E-state index in [0.29, 0.717) is 18.3 Å². The maximum absolute atomic E-state index is 11.6. The Morgan fingerprint density at radius 3 is 2.76 bits per heavy atom. The molecule has 1 aromatic heterocycles. The van der Waals surface area contributed by atoms with E-state index in [1.165, 1.54) is 0 Å². The van der Waals surface area contributed by atoms with Crippen molar-refractivity contribution < 1.29 is 9.53 Å². The lowest BCUT2D eigenvalue weighted by Crippen LogP contribution is -2.19. The molecule has 0 unspecified atom stereocenters. The molecule has 0 aromatic carbocycles. The smallest absolute Gasteiger partial charge is 0.229 e. The second kappa shape index (κ2) is 6.30. The van der Waals surface area contributed by atoms with E-state index < -0.39 is 0 Å². The van der Waals surface area contributed by atoms with Crippen LogP contribution in [0, 0.1) is 5.92 Å². The highest BCUT2D eigenvalue weighted by atomic mass is 16.5. The summed E-state index contributed by atoms with van der Waals surface area (Å²) >= 11 is 0. The number of amides is 1. The summed E-state index contributed by atoms with van der Waals surface area (Å²) in [6.45, 7) is 1.65. The van der Waals surface area contributed by atoms with E-state index in [-0.39, 0.29) is 5.91 Å². The molecule has 1 amide bonds. The number of aromatic nitrogens is 2. The number of anilines is 1. The number of nitrogens with zero attached hydrogens (tertiary/aromatic N) is 2. The Kier molecular flexibility index (Phi) is 4.44. The number of hydrogen-bond acceptors (Lipinski definition) is 4. The van der Waals surface area contributed by atoms with Crippen LogP contribution in [0.25, 0.3) is 0 Å². The molecule has 0 atom stereocenters. The van der Waals surface area contributed by atoms with Crippen molar-refractivity contribution in [2.24, 2.45) is 5.92 Å². The summed E-state index contributed by atoms with van der Waals surface area (Å²) in [6.07, 6.45) is 6.80. The second-order valence-corrected chi connectivity index (χ2v) is 4.21. The zero-order valence-electron chi connectivity index (χ0n) is 9.76. The van der Waals surface area contributed by atoms with Crippen molar-refractivity contribution in [1.29, 1.82) is 0 Å². The Labute approximate surface area is 101 Å². The minimum atomic E-state index is -0.0114. The van der Waals surface area contributed by atoms with E-state index in [2.05, 4.69) is 15.3 Å². The van der Waals surface area contributed by atoms with Gasteiger partial charge in [0.15, 0.2) is 0 Å². The molecule has 1 aliphatic heterocycles. The van der Waals surface area contributed by atoms with Crippen LogP contribution in [-0.2, 0) is 9.53 Å². The first-order valence-corrected chi connectivity index (χ1v) is 5.99. The van der Waals surface area contributed by atoms with E-state index >= 15 is 0 Å². The summed E-state index contributed by atoms with van der Waals surface area (Å²) in [6, 6.07) is 1.72. The molecule has 0 bridgehead atoms. The molecule has 0 radical (unpaired) electrons. The molecule has 92 valence electrons. The number of rotatable bonds is 4. The molecule has 1 aliphatic rings. The molecule has 0 spiro atoms. The summed E-state index contributed by atoms with van der Waals surface area (Å²) in [5.74, 6) is 0.985. The van der Waals surface area contributed by atoms with Crippen molar-refractivity contribution in [2.75, 3.05) is 18.5 Å². The molecule has 5 heteroatoms. The maximum atomic E-state index is 11.6. The first kappa shape index (κ1) is 12.0. The maximum Gasteiger partial charge on any atom is 0.229 e. The third-order valence-corrected chi connectivity index (χ3v) is 2.94. The van der Waals surface area contributed by atoms with E-state index in [1.54, 1.807) is 18.5 Å². The van der Waals surface area contributed by atoms with Crippen molar-refractivity contribution in [3.05, 3.63) is 18.5 Å². The standard InChI is InChI=1S/C12H17N3O2/c16-11(15-12-13-6-1-7-14-12)3-2-10-4-8-17-9-5-10/h1,6-7,10H,2-5,8-9H2,(H,13,14,15,16). The predicted octanol–water partition coefficient (Wildman–Crippen LogP) is 1.62. The minimum absolute atomic E-state index is 0.0114. The van der Waals surface area contributed by atoms with Crippen LogP contribution in [0.3, 0.4) is 0 Å². The summed E-state index contributed by atoms with van der Waals surface area (Å²) in [5.41, 5.74) is 0. The van der Waals surface area contributed by atoms with Gasteiger partial charge >= 0.3 is 0 Å². The number of ether oxygens (including phenoxy) is 1. The van der Waals surface area contributed by atoms with Crippen molar-refractivity contribution in [2.45, 2.75) is 25.7 Å². The first-order valence-electron chi connectivity index (χ1n) is 5.99. The Morgan fingerprint density at radius 2 is 2.06 bits per heavy atom. The van der Waals surface area contributed by atoms with Gasteiger partial charge in [0.05, 0.1) is 0 Å². The van der Waals surface area contributed by atoms with Gasteiger partial charge in [-0.2, -0.15) is 0 Å². The SMILES string of the molecule is O=C(CCC1CCOCC1)Nc1ncccn1. The van der Waals surface area contributed by atoms with Crippen molar-refractivity contribution in [3.8, 4) is 0 Å². The minimum Gasteiger partial charge on any atom is -0.381 e. The normalized spacial score (nSPS) is 16.7. The van der Waals surface area contributed by atoms with Gasteiger partial charge in [-0.3, -0.25) is 10.1 Å². The van der Waals surface area contributed by atoms with Gasteiger partial charge in [0, 0.05) is 32.0 Å². The molecule has 5 nitrogen and oxygen atoms in total. The highest BCUT2D eigenvalue weighted by Gasteiger charge is 2.15. The van der Waals surface area contributed by atoms with Crippen molar-refractivity contribution >= 4 is 11.9 Å². The molecule has 0 saturated carbocycles. The van der Waals surface area contributed by atoms with Gasteiger partial charge in [0.1, 0.15) is 0 Å². The quantitative estimate of drug-likeness (QED) is 0.861. The second-order valence-electron chi connectivity index (χ2n) is 4.21. The van der Waals surface area contributed by atoms with Crippen LogP contribution in [0.2, 0.25) is 0 Å². The van der Waals surface area contributed by atoms with Gasteiger partial charge in [-0.1, -0.05) is 0 Å². The van der Waals surface area contributed by atoms with Gasteiger partial charge in [-0.25, -0.2) is 9.97 Å². The predicted molar refractivity (Wildman–Crippen MR) is 63.4 cm³/mol. The Hall–Kier alpha value is -1.49. The molecule has 1 saturated heterocycles. The van der Waals surface area contributed by atoms with Crippen LogP contribution < -0.4 is 5.32 Å². The fraction of sp³-hybridized carbons (Fsp3) is 0.583. The average Bonchev–Trinajstić information content (AvgIpc) is 2.39. The van der Waals surface area contributed by atoms with E-state index in [1.807, 2.05) is 0 Å². The molecule has 0 aliphatic carbocycles. The number of nitrogens with one attached hydrogen (secondary N) is 1. The summed E-state index contributed by atoms with van der Waals surface area (Å²) in [4.78, 5) is 19.5. The third-order valence-electron chi connectivity index (χ3n) is 2.94. The fourth-order valence-corrected chi connectivity index (χ4v) is 1.92. The Balaban J connectivity index is 1.70. The number of hydrogen-bond donors (Lipinski definition) is 1. The van der Waals surface area contributed by atoms with Crippen LogP contribution in [0.1, 0.15) is 25.7 Å². The van der Waals surface area contributed by atoms with Crippen LogP contribution >= 0.6 is 0 Å². The molecular formula is C12H17N3O2. The molecule has 2 heterocycles. The van der Waals surface area contributed by atoms with E-state index in [0.717, 1.165) is 32.5 Å². The van der Waals surface area contributed by atoms with Crippen LogP contribution in [-0.4, -0.2) is 29.1 Å². The van der Waals surface area contributed by atoms with Crippen molar-refractivity contribution in [1.82, 2.24) is 9.97 Å². The van der Waals surface area contributed by atoms with E-state index in [9.17, 15) is 4.79 Å².